The minimum Gasteiger partial charge on any atom is -0.497 e. The first kappa shape index (κ1) is 20.7. The Morgan fingerprint density at radius 3 is 2.42 bits per heavy atom. The number of hydrogen-bond acceptors (Lipinski definition) is 2. The minimum absolute atomic E-state index is 0.0336. The molecule has 1 unspecified atom stereocenters. The van der Waals surface area contributed by atoms with Crippen molar-refractivity contribution in [3.8, 4) is 5.75 Å². The number of carbonyl (C=O) groups excluding carboxylic acids is 1. The predicted molar refractivity (Wildman–Crippen MR) is 126 cm³/mol. The summed E-state index contributed by atoms with van der Waals surface area (Å²) in [7, 11) is 3.72. The van der Waals surface area contributed by atoms with Crippen LogP contribution < -0.4 is 10.1 Å². The highest BCUT2D eigenvalue weighted by Gasteiger charge is 2.22. The molecule has 4 heteroatoms. The second-order valence-corrected chi connectivity index (χ2v) is 7.83. The van der Waals surface area contributed by atoms with Gasteiger partial charge >= 0.3 is 0 Å². The molecule has 0 fully saturated rings. The van der Waals surface area contributed by atoms with Gasteiger partial charge in [-0.25, -0.2) is 0 Å². The number of aromatic nitrogens is 1. The van der Waals surface area contributed by atoms with Gasteiger partial charge in [-0.15, -0.1) is 0 Å². The van der Waals surface area contributed by atoms with E-state index in [0.29, 0.717) is 13.0 Å². The molecule has 31 heavy (non-hydrogen) atoms. The Balaban J connectivity index is 1.57. The van der Waals surface area contributed by atoms with Crippen LogP contribution in [0.15, 0.2) is 85.1 Å². The van der Waals surface area contributed by atoms with Gasteiger partial charge in [0, 0.05) is 43.0 Å². The number of carbonyl (C=O) groups is 1. The van der Waals surface area contributed by atoms with Gasteiger partial charge in [-0.05, 0) is 41.3 Å². The zero-order valence-electron chi connectivity index (χ0n) is 18.0. The third-order valence-electron chi connectivity index (χ3n) is 5.79. The Morgan fingerprint density at radius 2 is 1.68 bits per heavy atom. The molecule has 1 amide bonds. The molecule has 1 aromatic heterocycles. The van der Waals surface area contributed by atoms with Crippen LogP contribution in [0.1, 0.15) is 29.0 Å². The van der Waals surface area contributed by atoms with Crippen molar-refractivity contribution >= 4 is 16.8 Å². The maximum atomic E-state index is 12.9. The number of benzene rings is 3. The predicted octanol–water partition coefficient (Wildman–Crippen LogP) is 5.07. The van der Waals surface area contributed by atoms with Crippen molar-refractivity contribution < 1.29 is 9.53 Å². The fourth-order valence-corrected chi connectivity index (χ4v) is 4.14. The summed E-state index contributed by atoms with van der Waals surface area (Å²) < 4.78 is 7.46. The molecular formula is C27H28N2O2. The second kappa shape index (κ2) is 9.52. The summed E-state index contributed by atoms with van der Waals surface area (Å²) in [5, 5.41) is 4.29. The molecular weight excluding hydrogens is 384 g/mol. The van der Waals surface area contributed by atoms with Crippen molar-refractivity contribution in [2.45, 2.75) is 18.8 Å². The molecule has 0 aliphatic rings. The Kier molecular flexibility index (Phi) is 6.37. The van der Waals surface area contributed by atoms with E-state index < -0.39 is 0 Å². The number of methoxy groups -OCH3 is 1. The molecule has 1 atom stereocenters. The lowest BCUT2D eigenvalue weighted by Crippen LogP contribution is -2.27. The largest absolute Gasteiger partial charge is 0.497 e. The van der Waals surface area contributed by atoms with Crippen LogP contribution in [-0.2, 0) is 18.3 Å². The Morgan fingerprint density at radius 1 is 0.968 bits per heavy atom. The van der Waals surface area contributed by atoms with Crippen molar-refractivity contribution in [1.82, 2.24) is 9.88 Å². The summed E-state index contributed by atoms with van der Waals surface area (Å²) in [5.74, 6) is 0.839. The zero-order valence-corrected chi connectivity index (χ0v) is 18.0. The summed E-state index contributed by atoms with van der Waals surface area (Å²) in [6.07, 6.45) is 3.37. The number of fused-ring (bicyclic) bond motifs is 1. The lowest BCUT2D eigenvalue weighted by atomic mass is 9.88. The van der Waals surface area contributed by atoms with Gasteiger partial charge < -0.3 is 14.6 Å². The van der Waals surface area contributed by atoms with Crippen LogP contribution in [-0.4, -0.2) is 24.1 Å². The molecule has 1 N–H and O–H groups in total. The highest BCUT2D eigenvalue weighted by atomic mass is 16.5. The van der Waals surface area contributed by atoms with Crippen LogP contribution >= 0.6 is 0 Å². The standard InChI is InChI=1S/C27H28N2O2/c1-29-19-25(23-10-6-7-11-26(23)29)24(21-12-14-22(31-2)15-13-21)18-27(30)28-17-16-20-8-4-3-5-9-20/h3-15,19,24H,16-18H2,1-2H3,(H,28,30). The maximum Gasteiger partial charge on any atom is 0.220 e. The van der Waals surface area contributed by atoms with E-state index in [9.17, 15) is 4.79 Å². The third-order valence-corrected chi connectivity index (χ3v) is 5.79. The van der Waals surface area contributed by atoms with Crippen LogP contribution in [0, 0.1) is 0 Å². The summed E-state index contributed by atoms with van der Waals surface area (Å²) in [5.41, 5.74) is 4.67. The summed E-state index contributed by atoms with van der Waals surface area (Å²) in [4.78, 5) is 12.9. The molecule has 0 saturated carbocycles. The summed E-state index contributed by atoms with van der Waals surface area (Å²) >= 11 is 0. The lowest BCUT2D eigenvalue weighted by molar-refractivity contribution is -0.121. The number of para-hydroxylation sites is 1. The fourth-order valence-electron chi connectivity index (χ4n) is 4.14. The van der Waals surface area contributed by atoms with E-state index in [-0.39, 0.29) is 11.8 Å². The van der Waals surface area contributed by atoms with Crippen molar-refractivity contribution in [3.05, 3.63) is 102 Å². The molecule has 0 spiro atoms. The van der Waals surface area contributed by atoms with Gasteiger partial charge in [0.2, 0.25) is 5.91 Å². The van der Waals surface area contributed by atoms with E-state index in [4.69, 9.17) is 4.74 Å². The number of amides is 1. The molecule has 4 aromatic rings. The molecule has 0 aliphatic carbocycles. The average Bonchev–Trinajstić information content (AvgIpc) is 3.15. The Bertz CT molecular complexity index is 1150. The first-order chi connectivity index (χ1) is 15.2. The number of nitrogens with zero attached hydrogens (tertiary/aromatic N) is 1. The number of aryl methyl sites for hydroxylation is 1. The third kappa shape index (κ3) is 4.80. The summed E-state index contributed by atoms with van der Waals surface area (Å²) in [6.45, 7) is 0.633. The minimum atomic E-state index is -0.0336. The topological polar surface area (TPSA) is 43.3 Å². The Hall–Kier alpha value is -3.53. The molecule has 0 bridgehead atoms. The molecule has 158 valence electrons. The number of hydrogen-bond donors (Lipinski definition) is 1. The SMILES string of the molecule is COc1ccc(C(CC(=O)NCCc2ccccc2)c2cn(C)c3ccccc23)cc1. The molecule has 4 rings (SSSR count). The molecule has 1 heterocycles. The van der Waals surface area contributed by atoms with Gasteiger partial charge in [-0.2, -0.15) is 0 Å². The number of rotatable bonds is 8. The van der Waals surface area contributed by atoms with Gasteiger partial charge in [0.15, 0.2) is 0 Å². The van der Waals surface area contributed by atoms with Gasteiger partial charge in [0.1, 0.15) is 5.75 Å². The number of ether oxygens (including phenoxy) is 1. The van der Waals surface area contributed by atoms with Crippen LogP contribution in [0.5, 0.6) is 5.75 Å². The van der Waals surface area contributed by atoms with Crippen LogP contribution in [0.3, 0.4) is 0 Å². The van der Waals surface area contributed by atoms with E-state index in [2.05, 4.69) is 65.6 Å². The van der Waals surface area contributed by atoms with Crippen molar-refractivity contribution in [2.24, 2.45) is 7.05 Å². The van der Waals surface area contributed by atoms with Crippen LogP contribution in [0.4, 0.5) is 0 Å². The highest BCUT2D eigenvalue weighted by molar-refractivity contribution is 5.86. The van der Waals surface area contributed by atoms with Crippen molar-refractivity contribution in [1.29, 1.82) is 0 Å². The van der Waals surface area contributed by atoms with Crippen molar-refractivity contribution in [3.63, 3.8) is 0 Å². The monoisotopic (exact) mass is 412 g/mol. The highest BCUT2D eigenvalue weighted by Crippen LogP contribution is 2.35. The van der Waals surface area contributed by atoms with E-state index >= 15 is 0 Å². The smallest absolute Gasteiger partial charge is 0.220 e. The van der Waals surface area contributed by atoms with Crippen LogP contribution in [0.2, 0.25) is 0 Å². The van der Waals surface area contributed by atoms with Gasteiger partial charge in [-0.1, -0.05) is 60.7 Å². The van der Waals surface area contributed by atoms with E-state index in [1.807, 2.05) is 36.4 Å². The van der Waals surface area contributed by atoms with Crippen LogP contribution in [0.25, 0.3) is 10.9 Å². The van der Waals surface area contributed by atoms with E-state index in [0.717, 1.165) is 17.7 Å². The molecule has 0 aliphatic heterocycles. The van der Waals surface area contributed by atoms with Gasteiger partial charge in [0.05, 0.1) is 7.11 Å². The van der Waals surface area contributed by atoms with Gasteiger partial charge in [0.25, 0.3) is 0 Å². The zero-order chi connectivity index (χ0) is 21.6. The lowest BCUT2D eigenvalue weighted by Gasteiger charge is -2.18. The molecule has 0 saturated heterocycles. The maximum absolute atomic E-state index is 12.9. The molecule has 4 nitrogen and oxygen atoms in total. The number of nitrogens with one attached hydrogen (secondary N) is 1. The van der Waals surface area contributed by atoms with Crippen molar-refractivity contribution in [2.75, 3.05) is 13.7 Å². The normalized spacial score (nSPS) is 11.9. The molecule has 0 radical (unpaired) electrons. The molecule has 3 aromatic carbocycles. The quantitative estimate of drug-likeness (QED) is 0.439. The average molecular weight is 413 g/mol. The van der Waals surface area contributed by atoms with E-state index in [1.165, 1.54) is 22.0 Å². The van der Waals surface area contributed by atoms with E-state index in [1.54, 1.807) is 7.11 Å². The Labute approximate surface area is 183 Å². The fraction of sp³-hybridized carbons (Fsp3) is 0.222. The summed E-state index contributed by atoms with van der Waals surface area (Å²) in [6, 6.07) is 26.6. The van der Waals surface area contributed by atoms with Gasteiger partial charge in [-0.3, -0.25) is 4.79 Å². The first-order valence-corrected chi connectivity index (χ1v) is 10.6. The first-order valence-electron chi connectivity index (χ1n) is 10.6. The second-order valence-electron chi connectivity index (χ2n) is 7.83.